The molecule has 1 aliphatic heterocycles. The fraction of sp³-hybridized carbons (Fsp3) is 0.667. The molecular formula is C6H10O3. The summed E-state index contributed by atoms with van der Waals surface area (Å²) in [4.78, 5) is 0. The molecule has 0 bridgehead atoms. The zero-order valence-electron chi connectivity index (χ0n) is 5.12. The Morgan fingerprint density at radius 1 is 1.67 bits per heavy atom. The predicted octanol–water partition coefficient (Wildman–Crippen LogP) is 0.821. The van der Waals surface area contributed by atoms with E-state index in [9.17, 15) is 0 Å². The van der Waals surface area contributed by atoms with Crippen LogP contribution in [0.25, 0.3) is 0 Å². The van der Waals surface area contributed by atoms with Crippen molar-refractivity contribution in [2.75, 3.05) is 13.4 Å². The van der Waals surface area contributed by atoms with Crippen LogP contribution in [0.1, 0.15) is 6.42 Å². The van der Waals surface area contributed by atoms with Crippen LogP contribution in [0.2, 0.25) is 0 Å². The lowest BCUT2D eigenvalue weighted by molar-refractivity contribution is 0.0476. The molecule has 0 saturated carbocycles. The van der Waals surface area contributed by atoms with E-state index in [1.807, 2.05) is 0 Å². The van der Waals surface area contributed by atoms with Gasteiger partial charge in [0.1, 0.15) is 6.79 Å². The van der Waals surface area contributed by atoms with Gasteiger partial charge in [-0.25, -0.2) is 0 Å². The zero-order chi connectivity index (χ0) is 6.53. The van der Waals surface area contributed by atoms with E-state index in [-0.39, 0.29) is 6.10 Å². The molecule has 0 radical (unpaired) electrons. The minimum Gasteiger partial charge on any atom is -0.516 e. The van der Waals surface area contributed by atoms with Crippen LogP contribution in [-0.2, 0) is 9.47 Å². The van der Waals surface area contributed by atoms with Gasteiger partial charge >= 0.3 is 0 Å². The number of hydrogen-bond donors (Lipinski definition) is 1. The van der Waals surface area contributed by atoms with Gasteiger partial charge in [0.05, 0.1) is 19.0 Å². The summed E-state index contributed by atoms with van der Waals surface area (Å²) < 4.78 is 9.99. The molecule has 1 unspecified atom stereocenters. The summed E-state index contributed by atoms with van der Waals surface area (Å²) in [7, 11) is 0. The highest BCUT2D eigenvalue weighted by molar-refractivity contribution is 4.77. The summed E-state index contributed by atoms with van der Waals surface area (Å²) in [5.74, 6) is 0. The van der Waals surface area contributed by atoms with E-state index in [1.54, 1.807) is 6.08 Å². The number of rotatable bonds is 2. The molecule has 0 aliphatic carbocycles. The van der Waals surface area contributed by atoms with E-state index in [4.69, 9.17) is 14.6 Å². The highest BCUT2D eigenvalue weighted by Gasteiger charge is 2.13. The molecule has 52 valence electrons. The van der Waals surface area contributed by atoms with Crippen LogP contribution < -0.4 is 0 Å². The van der Waals surface area contributed by atoms with Gasteiger partial charge in [-0.1, -0.05) is 0 Å². The number of aliphatic hydroxyl groups is 1. The van der Waals surface area contributed by atoms with Gasteiger partial charge in [0.25, 0.3) is 0 Å². The largest absolute Gasteiger partial charge is 0.516 e. The lowest BCUT2D eigenvalue weighted by atomic mass is 10.3. The van der Waals surface area contributed by atoms with Crippen LogP contribution in [0, 0.1) is 0 Å². The third-order valence-corrected chi connectivity index (χ3v) is 1.20. The first kappa shape index (κ1) is 6.58. The number of ether oxygens (including phenoxy) is 2. The van der Waals surface area contributed by atoms with E-state index in [0.717, 1.165) is 12.7 Å². The predicted molar refractivity (Wildman–Crippen MR) is 32.1 cm³/mol. The van der Waals surface area contributed by atoms with Crippen LogP contribution >= 0.6 is 0 Å². The van der Waals surface area contributed by atoms with Gasteiger partial charge in [-0.15, -0.1) is 0 Å². The molecule has 3 heteroatoms. The second kappa shape index (κ2) is 3.48. The third-order valence-electron chi connectivity index (χ3n) is 1.20. The maximum atomic E-state index is 8.25. The Morgan fingerprint density at radius 2 is 2.56 bits per heavy atom. The van der Waals surface area contributed by atoms with Crippen LogP contribution in [0.4, 0.5) is 0 Å². The quantitative estimate of drug-likeness (QED) is 0.562. The molecule has 1 saturated heterocycles. The number of hydrogen-bond acceptors (Lipinski definition) is 3. The molecule has 3 nitrogen and oxygen atoms in total. The van der Waals surface area contributed by atoms with E-state index in [1.165, 1.54) is 0 Å². The molecule has 0 aromatic heterocycles. The van der Waals surface area contributed by atoms with Crippen LogP contribution in [0.5, 0.6) is 0 Å². The van der Waals surface area contributed by atoms with Gasteiger partial charge in [-0.3, -0.25) is 0 Å². The van der Waals surface area contributed by atoms with Gasteiger partial charge < -0.3 is 14.6 Å². The van der Waals surface area contributed by atoms with E-state index in [0.29, 0.717) is 13.4 Å². The summed E-state index contributed by atoms with van der Waals surface area (Å²) in [6.07, 6.45) is 3.56. The first-order valence-electron chi connectivity index (χ1n) is 2.92. The minimum absolute atomic E-state index is 0.147. The maximum absolute atomic E-state index is 8.25. The highest BCUT2D eigenvalue weighted by Crippen LogP contribution is 2.06. The van der Waals surface area contributed by atoms with Crippen molar-refractivity contribution in [2.24, 2.45) is 0 Å². The Morgan fingerprint density at radius 3 is 3.11 bits per heavy atom. The van der Waals surface area contributed by atoms with Crippen LogP contribution in [0.15, 0.2) is 12.3 Å². The highest BCUT2D eigenvalue weighted by atomic mass is 16.7. The summed E-state index contributed by atoms with van der Waals surface area (Å²) in [6, 6.07) is 0. The second-order valence-electron chi connectivity index (χ2n) is 1.90. The first-order valence-corrected chi connectivity index (χ1v) is 2.92. The molecule has 0 aromatic carbocycles. The molecule has 0 aromatic rings. The van der Waals surface area contributed by atoms with Gasteiger partial charge in [0.2, 0.25) is 0 Å². The molecule has 1 fully saturated rings. The molecule has 1 aliphatic rings. The van der Waals surface area contributed by atoms with Crippen molar-refractivity contribution in [3.8, 4) is 0 Å². The normalized spacial score (nSPS) is 27.8. The van der Waals surface area contributed by atoms with Crippen molar-refractivity contribution >= 4 is 0 Å². The van der Waals surface area contributed by atoms with Gasteiger partial charge in [0, 0.05) is 0 Å². The van der Waals surface area contributed by atoms with E-state index < -0.39 is 0 Å². The molecular weight excluding hydrogens is 120 g/mol. The number of aliphatic hydroxyl groups excluding tert-OH is 1. The van der Waals surface area contributed by atoms with Crippen molar-refractivity contribution in [1.82, 2.24) is 0 Å². The topological polar surface area (TPSA) is 38.7 Å². The van der Waals surface area contributed by atoms with Crippen molar-refractivity contribution in [3.05, 3.63) is 12.3 Å². The summed E-state index contributed by atoms with van der Waals surface area (Å²) in [5, 5.41) is 8.25. The molecule has 0 spiro atoms. The standard InChI is InChI=1S/C6H10O3/c7-3-1-2-6-4-8-5-9-6/h1,3,6-7H,2,4-5H2. The Balaban J connectivity index is 2.11. The van der Waals surface area contributed by atoms with Gasteiger partial charge in [-0.05, 0) is 12.5 Å². The maximum Gasteiger partial charge on any atom is 0.147 e. The van der Waals surface area contributed by atoms with Crippen LogP contribution in [-0.4, -0.2) is 24.6 Å². The van der Waals surface area contributed by atoms with Gasteiger partial charge in [-0.2, -0.15) is 0 Å². The fourth-order valence-corrected chi connectivity index (χ4v) is 0.721. The average Bonchev–Trinajstić information content (AvgIpc) is 2.34. The lowest BCUT2D eigenvalue weighted by Crippen LogP contribution is -2.06. The molecule has 1 heterocycles. The Hall–Kier alpha value is -0.540. The summed E-state index contributed by atoms with van der Waals surface area (Å²) in [5.41, 5.74) is 0. The fourth-order valence-electron chi connectivity index (χ4n) is 0.721. The Labute approximate surface area is 53.9 Å². The third kappa shape index (κ3) is 2.03. The smallest absolute Gasteiger partial charge is 0.147 e. The Kier molecular flexibility index (Phi) is 2.54. The van der Waals surface area contributed by atoms with Crippen LogP contribution in [0.3, 0.4) is 0 Å². The molecule has 1 N–H and O–H groups in total. The molecule has 9 heavy (non-hydrogen) atoms. The molecule has 1 rings (SSSR count). The zero-order valence-corrected chi connectivity index (χ0v) is 5.12. The van der Waals surface area contributed by atoms with Crippen molar-refractivity contribution < 1.29 is 14.6 Å². The van der Waals surface area contributed by atoms with Crippen molar-refractivity contribution in [2.45, 2.75) is 12.5 Å². The average molecular weight is 130 g/mol. The first-order chi connectivity index (χ1) is 4.43. The van der Waals surface area contributed by atoms with Crippen molar-refractivity contribution in [1.29, 1.82) is 0 Å². The second-order valence-corrected chi connectivity index (χ2v) is 1.90. The SMILES string of the molecule is OC=CCC1COCO1. The molecule has 1 atom stereocenters. The minimum atomic E-state index is 0.147. The van der Waals surface area contributed by atoms with Gasteiger partial charge in [0.15, 0.2) is 0 Å². The van der Waals surface area contributed by atoms with E-state index >= 15 is 0 Å². The summed E-state index contributed by atoms with van der Waals surface area (Å²) in [6.45, 7) is 1.04. The Bertz CT molecular complexity index is 94.5. The monoisotopic (exact) mass is 130 g/mol. The van der Waals surface area contributed by atoms with E-state index in [2.05, 4.69) is 0 Å². The molecule has 0 amide bonds. The van der Waals surface area contributed by atoms with Crippen molar-refractivity contribution in [3.63, 3.8) is 0 Å². The summed E-state index contributed by atoms with van der Waals surface area (Å²) >= 11 is 0. The lowest BCUT2D eigenvalue weighted by Gasteiger charge is -1.99.